The molecule has 0 radical (unpaired) electrons. The van der Waals surface area contributed by atoms with Crippen LogP contribution in [0, 0.1) is 0 Å². The van der Waals surface area contributed by atoms with E-state index in [1.807, 2.05) is 18.2 Å². The Morgan fingerprint density at radius 3 is 2.57 bits per heavy atom. The molecule has 2 aliphatic rings. The molecule has 35 heavy (non-hydrogen) atoms. The summed E-state index contributed by atoms with van der Waals surface area (Å²) in [6, 6.07) is 16.6. The van der Waals surface area contributed by atoms with Crippen molar-refractivity contribution in [1.82, 2.24) is 14.9 Å². The summed E-state index contributed by atoms with van der Waals surface area (Å²) < 4.78 is 0. The molecule has 2 aromatic carbocycles. The molecule has 0 N–H and O–H groups in total. The highest BCUT2D eigenvalue weighted by atomic mass is 16.1. The maximum absolute atomic E-state index is 12.0. The fraction of sp³-hybridized carbons (Fsp3) is 0.433. The molecular weight excluding hydrogens is 432 g/mol. The summed E-state index contributed by atoms with van der Waals surface area (Å²) in [6.07, 6.45) is 6.66. The molecule has 3 aromatic rings. The second kappa shape index (κ2) is 10.7. The maximum Gasteiger partial charge on any atom is 0.159 e. The van der Waals surface area contributed by atoms with Crippen LogP contribution >= 0.6 is 0 Å². The van der Waals surface area contributed by atoms with Crippen LogP contribution in [0.1, 0.15) is 72.5 Å². The number of Topliss-reactive ketones (excluding diaryl/α,β-unsaturated/α-hetero) is 1. The molecule has 1 aliphatic heterocycles. The molecule has 5 nitrogen and oxygen atoms in total. The van der Waals surface area contributed by atoms with Crippen LogP contribution in [0.5, 0.6) is 0 Å². The highest BCUT2D eigenvalue weighted by molar-refractivity contribution is 5.96. The first-order valence-electron chi connectivity index (χ1n) is 13.2. The van der Waals surface area contributed by atoms with E-state index in [1.54, 1.807) is 6.92 Å². The lowest BCUT2D eigenvalue weighted by molar-refractivity contribution is 0.101. The minimum absolute atomic E-state index is 0.104. The second-order valence-electron chi connectivity index (χ2n) is 9.89. The van der Waals surface area contributed by atoms with Crippen molar-refractivity contribution in [2.75, 3.05) is 37.6 Å². The molecular formula is C30H36N4O. The highest BCUT2D eigenvalue weighted by Crippen LogP contribution is 2.41. The molecule has 0 saturated carbocycles. The number of rotatable bonds is 9. The second-order valence-corrected chi connectivity index (χ2v) is 9.89. The average molecular weight is 469 g/mol. The molecule has 182 valence electrons. The van der Waals surface area contributed by atoms with Gasteiger partial charge in [-0.05, 0) is 75.5 Å². The minimum atomic E-state index is 0.104. The summed E-state index contributed by atoms with van der Waals surface area (Å²) in [5, 5.41) is 0. The van der Waals surface area contributed by atoms with Gasteiger partial charge >= 0.3 is 0 Å². The zero-order valence-corrected chi connectivity index (χ0v) is 21.1. The monoisotopic (exact) mass is 468 g/mol. The Kier molecular flexibility index (Phi) is 7.24. The third-order valence-electron chi connectivity index (χ3n) is 7.39. The fourth-order valence-electron chi connectivity index (χ4n) is 5.50. The molecule has 5 heteroatoms. The molecule has 0 spiro atoms. The number of piperidine rings is 1. The Morgan fingerprint density at radius 1 is 1.03 bits per heavy atom. The van der Waals surface area contributed by atoms with E-state index in [-0.39, 0.29) is 5.78 Å². The molecule has 1 aliphatic carbocycles. The van der Waals surface area contributed by atoms with Crippen LogP contribution in [-0.2, 0) is 12.8 Å². The van der Waals surface area contributed by atoms with Gasteiger partial charge in [0.1, 0.15) is 11.6 Å². The quantitative estimate of drug-likeness (QED) is 0.302. The molecule has 1 saturated heterocycles. The number of anilines is 1. The molecule has 5 rings (SSSR count). The Balaban J connectivity index is 1.46. The van der Waals surface area contributed by atoms with Gasteiger partial charge < -0.3 is 9.80 Å². The topological polar surface area (TPSA) is 49.3 Å². The van der Waals surface area contributed by atoms with Crippen LogP contribution in [0.3, 0.4) is 0 Å². The number of carbonyl (C=O) groups is 1. The molecule has 0 unspecified atom stereocenters. The van der Waals surface area contributed by atoms with Crippen molar-refractivity contribution < 1.29 is 4.79 Å². The summed E-state index contributed by atoms with van der Waals surface area (Å²) in [4.78, 5) is 27.3. The molecule has 0 atom stereocenters. The van der Waals surface area contributed by atoms with Crippen molar-refractivity contribution in [3.63, 3.8) is 0 Å². The number of fused-ring (bicyclic) bond motifs is 3. The standard InChI is InChI=1S/C30H36N4O/c1-3-34(18-10-17-33-15-8-5-9-16-33)30-29-26-14-13-24(22(2)35)20-25(26)21-27(29)31-28(32-30)19-23-11-6-4-7-12-23/h4,6-7,11-14,20H,3,5,8-10,15-19,21H2,1-2H3. The van der Waals surface area contributed by atoms with Crippen molar-refractivity contribution in [2.24, 2.45) is 0 Å². The van der Waals surface area contributed by atoms with Gasteiger partial charge in [0.2, 0.25) is 0 Å². The van der Waals surface area contributed by atoms with Crippen LogP contribution in [0.15, 0.2) is 48.5 Å². The van der Waals surface area contributed by atoms with E-state index in [9.17, 15) is 4.79 Å². The molecule has 0 bridgehead atoms. The van der Waals surface area contributed by atoms with Crippen LogP contribution in [-0.4, -0.2) is 53.4 Å². The zero-order valence-electron chi connectivity index (χ0n) is 21.1. The molecule has 1 fully saturated rings. The van der Waals surface area contributed by atoms with E-state index in [0.717, 1.165) is 67.4 Å². The Morgan fingerprint density at radius 2 is 1.83 bits per heavy atom. The number of ketones is 1. The Bertz CT molecular complexity index is 1180. The van der Waals surface area contributed by atoms with Gasteiger partial charge in [0.25, 0.3) is 0 Å². The fourth-order valence-corrected chi connectivity index (χ4v) is 5.50. The largest absolute Gasteiger partial charge is 0.356 e. The van der Waals surface area contributed by atoms with Crippen molar-refractivity contribution >= 4 is 11.6 Å². The SMILES string of the molecule is CCN(CCCN1CCCCC1)c1nc(Cc2ccccc2)nc2c1-c1ccc(C(C)=O)cc1C2. The predicted molar refractivity (Wildman–Crippen MR) is 142 cm³/mol. The normalized spacial score (nSPS) is 15.0. The lowest BCUT2D eigenvalue weighted by Gasteiger charge is -2.29. The van der Waals surface area contributed by atoms with E-state index in [1.165, 1.54) is 49.0 Å². The Labute approximate surface area is 209 Å². The Hall–Kier alpha value is -3.05. The lowest BCUT2D eigenvalue weighted by atomic mass is 10.0. The van der Waals surface area contributed by atoms with Gasteiger partial charge in [-0.2, -0.15) is 0 Å². The zero-order chi connectivity index (χ0) is 24.2. The van der Waals surface area contributed by atoms with Gasteiger partial charge in [0, 0.05) is 37.1 Å². The van der Waals surface area contributed by atoms with E-state index in [0.29, 0.717) is 0 Å². The molecule has 0 amide bonds. The number of likely N-dealkylation sites (tertiary alicyclic amines) is 1. The third-order valence-corrected chi connectivity index (χ3v) is 7.39. The first kappa shape index (κ1) is 23.7. The van der Waals surface area contributed by atoms with Crippen molar-refractivity contribution in [3.8, 4) is 11.1 Å². The average Bonchev–Trinajstić information content (AvgIpc) is 3.25. The van der Waals surface area contributed by atoms with Gasteiger partial charge in [0.15, 0.2) is 5.78 Å². The first-order valence-corrected chi connectivity index (χ1v) is 13.2. The predicted octanol–water partition coefficient (Wildman–Crippen LogP) is 5.54. The number of hydrogen-bond donors (Lipinski definition) is 0. The molecule has 2 heterocycles. The number of nitrogens with zero attached hydrogens (tertiary/aromatic N) is 4. The number of benzene rings is 2. The van der Waals surface area contributed by atoms with Crippen LogP contribution in [0.4, 0.5) is 5.82 Å². The first-order chi connectivity index (χ1) is 17.1. The lowest BCUT2D eigenvalue weighted by Crippen LogP contribution is -2.34. The summed E-state index contributed by atoms with van der Waals surface area (Å²) in [6.45, 7) is 9.38. The van der Waals surface area contributed by atoms with Gasteiger partial charge in [-0.15, -0.1) is 0 Å². The smallest absolute Gasteiger partial charge is 0.159 e. The van der Waals surface area contributed by atoms with Gasteiger partial charge in [-0.1, -0.05) is 48.9 Å². The summed E-state index contributed by atoms with van der Waals surface area (Å²) in [7, 11) is 0. The van der Waals surface area contributed by atoms with Gasteiger partial charge in [-0.25, -0.2) is 9.97 Å². The van der Waals surface area contributed by atoms with Crippen LogP contribution in [0.25, 0.3) is 11.1 Å². The van der Waals surface area contributed by atoms with Gasteiger partial charge in [-0.3, -0.25) is 4.79 Å². The maximum atomic E-state index is 12.0. The van der Waals surface area contributed by atoms with Gasteiger partial charge in [0.05, 0.1) is 5.69 Å². The van der Waals surface area contributed by atoms with E-state index < -0.39 is 0 Å². The van der Waals surface area contributed by atoms with E-state index >= 15 is 0 Å². The van der Waals surface area contributed by atoms with E-state index in [4.69, 9.17) is 9.97 Å². The van der Waals surface area contributed by atoms with Crippen molar-refractivity contribution in [3.05, 3.63) is 76.7 Å². The highest BCUT2D eigenvalue weighted by Gasteiger charge is 2.28. The summed E-state index contributed by atoms with van der Waals surface area (Å²) >= 11 is 0. The minimum Gasteiger partial charge on any atom is -0.356 e. The molecule has 1 aromatic heterocycles. The number of aromatic nitrogens is 2. The summed E-state index contributed by atoms with van der Waals surface area (Å²) in [5.41, 5.74) is 6.61. The summed E-state index contributed by atoms with van der Waals surface area (Å²) in [5.74, 6) is 2.03. The van der Waals surface area contributed by atoms with Crippen molar-refractivity contribution in [1.29, 1.82) is 0 Å². The number of hydrogen-bond acceptors (Lipinski definition) is 5. The third kappa shape index (κ3) is 5.30. The van der Waals surface area contributed by atoms with Crippen molar-refractivity contribution in [2.45, 2.75) is 52.4 Å². The van der Waals surface area contributed by atoms with E-state index in [2.05, 4.69) is 47.1 Å². The number of carbonyl (C=O) groups excluding carboxylic acids is 1. The van der Waals surface area contributed by atoms with Crippen LogP contribution in [0.2, 0.25) is 0 Å². The van der Waals surface area contributed by atoms with Crippen LogP contribution < -0.4 is 4.90 Å².